The van der Waals surface area contributed by atoms with E-state index in [1.165, 1.54) is 0 Å². The highest BCUT2D eigenvalue weighted by Crippen LogP contribution is 2.63. The number of fused-ring (bicyclic) bond motifs is 10. The van der Waals surface area contributed by atoms with E-state index in [1.54, 1.807) is 9.13 Å². The Kier molecular flexibility index (Phi) is 6.05. The Bertz CT molecular complexity index is 1780. The molecule has 4 N–H and O–H groups in total. The van der Waals surface area contributed by atoms with Crippen LogP contribution in [0.3, 0.4) is 0 Å². The first-order valence-corrected chi connectivity index (χ1v) is 15.9. The Morgan fingerprint density at radius 2 is 1.02 bits per heavy atom. The fraction of sp³-hybridized carbons (Fsp3) is 0.282. The summed E-state index contributed by atoms with van der Waals surface area (Å²) in [5, 5.41) is 45.2. The van der Waals surface area contributed by atoms with Crippen LogP contribution in [0.15, 0.2) is 98.1 Å². The van der Waals surface area contributed by atoms with Gasteiger partial charge >= 0.3 is 0 Å². The highest BCUT2D eigenvalue weighted by atomic mass is 16.3. The van der Waals surface area contributed by atoms with E-state index < -0.39 is 0 Å². The first-order chi connectivity index (χ1) is 21.8. The molecule has 0 fully saturated rings. The molecule has 45 heavy (non-hydrogen) atoms. The fourth-order valence-corrected chi connectivity index (χ4v) is 8.83. The first kappa shape index (κ1) is 27.7. The Hall–Kier alpha value is -4.84. The van der Waals surface area contributed by atoms with Crippen molar-refractivity contribution in [2.45, 2.75) is 67.6 Å². The van der Waals surface area contributed by atoms with Crippen molar-refractivity contribution < 1.29 is 20.4 Å². The summed E-state index contributed by atoms with van der Waals surface area (Å²) in [6.45, 7) is 7.74. The summed E-state index contributed by atoms with van der Waals surface area (Å²) < 4.78 is 3.14. The number of hydrogen-bond donors (Lipinski definition) is 4. The minimum Gasteiger partial charge on any atom is -0.494 e. The van der Waals surface area contributed by atoms with Gasteiger partial charge in [0.05, 0.1) is 11.4 Å². The quantitative estimate of drug-likeness (QED) is 0.139. The molecule has 0 spiro atoms. The van der Waals surface area contributed by atoms with Crippen LogP contribution < -0.4 is 0 Å². The minimum atomic E-state index is -0.245. The van der Waals surface area contributed by atoms with Crippen LogP contribution >= 0.6 is 0 Å². The maximum atomic E-state index is 11.4. The van der Waals surface area contributed by atoms with Gasteiger partial charge in [-0.05, 0) is 80.3 Å². The number of benzene rings is 2. The van der Waals surface area contributed by atoms with E-state index in [4.69, 9.17) is 0 Å². The number of aromatic nitrogens is 2. The molecule has 2 aromatic heterocycles. The van der Waals surface area contributed by atoms with Crippen molar-refractivity contribution in [2.24, 2.45) is 0 Å². The van der Waals surface area contributed by atoms with Crippen molar-refractivity contribution in [1.29, 1.82) is 0 Å². The summed E-state index contributed by atoms with van der Waals surface area (Å²) >= 11 is 0. The van der Waals surface area contributed by atoms with Crippen molar-refractivity contribution in [2.75, 3.05) is 0 Å². The largest absolute Gasteiger partial charge is 0.494 e. The van der Waals surface area contributed by atoms with E-state index in [2.05, 4.69) is 37.5 Å². The van der Waals surface area contributed by atoms with Gasteiger partial charge in [0, 0.05) is 44.9 Å². The van der Waals surface area contributed by atoms with Gasteiger partial charge in [-0.2, -0.15) is 0 Å². The van der Waals surface area contributed by atoms with Crippen molar-refractivity contribution in [1.82, 2.24) is 9.13 Å². The zero-order chi connectivity index (χ0) is 31.1. The van der Waals surface area contributed by atoms with Crippen molar-refractivity contribution in [3.8, 4) is 34.9 Å². The SMILES string of the molecule is C=CCCC12C=CC(C1)c1c2c(O)n(-c2ccc(Cc3ccc(-n4c(O)c5c(c4O)C4(CCC=C)C=CC5C4)cc3)cc2)c1O. The van der Waals surface area contributed by atoms with Crippen LogP contribution in [0.25, 0.3) is 11.4 Å². The third-order valence-electron chi connectivity index (χ3n) is 10.9. The van der Waals surface area contributed by atoms with E-state index in [0.717, 1.165) is 83.3 Å². The Balaban J connectivity index is 1.03. The predicted molar refractivity (Wildman–Crippen MR) is 176 cm³/mol. The third kappa shape index (κ3) is 3.81. The van der Waals surface area contributed by atoms with Gasteiger partial charge in [-0.1, -0.05) is 60.7 Å². The van der Waals surface area contributed by atoms with Gasteiger partial charge in [0.25, 0.3) is 0 Å². The van der Waals surface area contributed by atoms with Crippen LogP contribution in [0, 0.1) is 0 Å². The summed E-state index contributed by atoms with van der Waals surface area (Å²) in [5.41, 5.74) is 6.55. The lowest BCUT2D eigenvalue weighted by Gasteiger charge is -2.24. The van der Waals surface area contributed by atoms with E-state index in [-0.39, 0.29) is 46.2 Å². The molecule has 4 atom stereocenters. The Morgan fingerprint density at radius 1 is 0.622 bits per heavy atom. The van der Waals surface area contributed by atoms with E-state index in [1.807, 2.05) is 60.7 Å². The summed E-state index contributed by atoms with van der Waals surface area (Å²) in [7, 11) is 0. The molecule has 0 saturated heterocycles. The van der Waals surface area contributed by atoms with Crippen LogP contribution in [-0.4, -0.2) is 29.6 Å². The van der Waals surface area contributed by atoms with Gasteiger partial charge < -0.3 is 20.4 Å². The van der Waals surface area contributed by atoms with Crippen molar-refractivity contribution >= 4 is 0 Å². The monoisotopic (exact) mass is 598 g/mol. The van der Waals surface area contributed by atoms with E-state index in [9.17, 15) is 20.4 Å². The van der Waals surface area contributed by atoms with Crippen molar-refractivity contribution in [3.63, 3.8) is 0 Å². The lowest BCUT2D eigenvalue weighted by Crippen LogP contribution is -2.18. The predicted octanol–water partition coefficient (Wildman–Crippen LogP) is 8.20. The molecule has 2 aromatic carbocycles. The lowest BCUT2D eigenvalue weighted by atomic mass is 9.79. The number of hydrogen-bond acceptors (Lipinski definition) is 4. The molecule has 4 bridgehead atoms. The molecule has 0 saturated carbocycles. The number of aromatic hydroxyl groups is 4. The highest BCUT2D eigenvalue weighted by molar-refractivity contribution is 5.66. The van der Waals surface area contributed by atoms with E-state index >= 15 is 0 Å². The van der Waals surface area contributed by atoms with Gasteiger partial charge in [-0.3, -0.25) is 9.13 Å². The molecule has 228 valence electrons. The van der Waals surface area contributed by atoms with Gasteiger partial charge in [-0.25, -0.2) is 0 Å². The zero-order valence-corrected chi connectivity index (χ0v) is 25.3. The van der Waals surface area contributed by atoms with Crippen LogP contribution in [0.4, 0.5) is 0 Å². The molecular weight excluding hydrogens is 560 g/mol. The molecule has 0 aliphatic heterocycles. The Labute approximate surface area is 263 Å². The maximum absolute atomic E-state index is 11.4. The highest BCUT2D eigenvalue weighted by Gasteiger charge is 2.52. The van der Waals surface area contributed by atoms with Gasteiger partial charge in [0.15, 0.2) is 0 Å². The smallest absolute Gasteiger partial charge is 0.203 e. The second-order valence-corrected chi connectivity index (χ2v) is 13.4. The van der Waals surface area contributed by atoms with Crippen LogP contribution in [0.5, 0.6) is 23.5 Å². The fourth-order valence-electron chi connectivity index (χ4n) is 8.83. The molecule has 4 aliphatic rings. The summed E-state index contributed by atoms with van der Waals surface area (Å²) in [4.78, 5) is 0. The minimum absolute atomic E-state index is 0.124. The average Bonchev–Trinajstić information content (AvgIpc) is 3.88. The number of allylic oxidation sites excluding steroid dienone is 6. The Morgan fingerprint density at radius 3 is 1.40 bits per heavy atom. The second kappa shape index (κ2) is 9.83. The average molecular weight is 599 g/mol. The molecule has 2 heterocycles. The normalized spacial score (nSPS) is 24.8. The topological polar surface area (TPSA) is 90.8 Å². The maximum Gasteiger partial charge on any atom is 0.203 e. The standard InChI is InChI=1S/C39H38N2O4/c1-3-5-17-38-19-15-26(22-38)30-32(38)36(44)40(34(30)42)28-11-7-24(8-12-28)21-25-9-13-29(14-10-25)41-35(43)31-27-16-20-39(23-27,18-6-4-2)33(31)37(41)45/h3-4,7-16,19-20,26-27,42-45H,1-2,5-6,17-18,21-23H2. The van der Waals surface area contributed by atoms with Crippen LogP contribution in [0.1, 0.15) is 83.7 Å². The molecule has 8 rings (SSSR count). The molecule has 6 nitrogen and oxygen atoms in total. The summed E-state index contributed by atoms with van der Waals surface area (Å²) in [6, 6.07) is 15.8. The number of rotatable bonds is 10. The van der Waals surface area contributed by atoms with E-state index in [0.29, 0.717) is 6.42 Å². The van der Waals surface area contributed by atoms with Crippen LogP contribution in [-0.2, 0) is 17.3 Å². The molecule has 0 amide bonds. The number of nitrogens with zero attached hydrogens (tertiary/aromatic N) is 2. The lowest BCUT2D eigenvalue weighted by molar-refractivity contribution is 0.383. The summed E-state index contributed by atoms with van der Waals surface area (Å²) in [5.74, 6) is 0.748. The molecule has 6 heteroatoms. The van der Waals surface area contributed by atoms with Crippen LogP contribution in [0.2, 0.25) is 0 Å². The molecule has 4 aliphatic carbocycles. The van der Waals surface area contributed by atoms with Gasteiger partial charge in [-0.15, -0.1) is 13.2 Å². The molecule has 4 aromatic rings. The zero-order valence-electron chi connectivity index (χ0n) is 25.3. The molecule has 0 radical (unpaired) electrons. The van der Waals surface area contributed by atoms with Crippen molar-refractivity contribution in [3.05, 3.63) is 132 Å². The van der Waals surface area contributed by atoms with Gasteiger partial charge in [0.2, 0.25) is 23.5 Å². The van der Waals surface area contributed by atoms with Gasteiger partial charge in [0.1, 0.15) is 0 Å². The summed E-state index contributed by atoms with van der Waals surface area (Å²) in [6.07, 6.45) is 18.5. The molecule has 4 unspecified atom stereocenters. The first-order valence-electron chi connectivity index (χ1n) is 15.9. The second-order valence-electron chi connectivity index (χ2n) is 13.4. The molecular formula is C39H38N2O4. The third-order valence-corrected chi connectivity index (χ3v) is 10.9.